The topological polar surface area (TPSA) is 58.6 Å². The van der Waals surface area contributed by atoms with Gasteiger partial charge in [0.2, 0.25) is 0 Å². The van der Waals surface area contributed by atoms with E-state index in [9.17, 15) is 4.79 Å². The summed E-state index contributed by atoms with van der Waals surface area (Å²) in [7, 11) is 0. The van der Waals surface area contributed by atoms with Crippen LogP contribution in [0.25, 0.3) is 0 Å². The van der Waals surface area contributed by atoms with Crippen molar-refractivity contribution in [1.82, 2.24) is 5.32 Å². The van der Waals surface area contributed by atoms with E-state index >= 15 is 0 Å². The number of rotatable bonds is 8. The van der Waals surface area contributed by atoms with Crippen LogP contribution in [0.2, 0.25) is 0 Å². The second-order valence-electron chi connectivity index (χ2n) is 4.73. The van der Waals surface area contributed by atoms with Crippen molar-refractivity contribution in [3.63, 3.8) is 0 Å². The maximum Gasteiger partial charge on any atom is 0.251 e. The van der Waals surface area contributed by atoms with Crippen LogP contribution in [0.15, 0.2) is 24.3 Å². The number of carbonyl (C=O) groups excluding carboxylic acids is 1. The first kappa shape index (κ1) is 15.5. The number of hydrogen-bond acceptors (Lipinski definition) is 3. The Kier molecular flexibility index (Phi) is 6.97. The first-order valence-electron chi connectivity index (χ1n) is 6.79. The van der Waals surface area contributed by atoms with Crippen LogP contribution in [0.4, 0.5) is 0 Å². The smallest absolute Gasteiger partial charge is 0.251 e. The summed E-state index contributed by atoms with van der Waals surface area (Å²) in [6, 6.07) is 7.14. The Balaban J connectivity index is 2.36. The Morgan fingerprint density at radius 3 is 2.47 bits per heavy atom. The number of aliphatic hydroxyl groups is 1. The highest BCUT2D eigenvalue weighted by Crippen LogP contribution is 2.13. The van der Waals surface area contributed by atoms with Gasteiger partial charge in [-0.2, -0.15) is 0 Å². The molecule has 0 unspecified atom stereocenters. The molecule has 2 N–H and O–H groups in total. The summed E-state index contributed by atoms with van der Waals surface area (Å²) in [6.45, 7) is 4.79. The fraction of sp³-hybridized carbons (Fsp3) is 0.533. The molecule has 0 aromatic heterocycles. The van der Waals surface area contributed by atoms with Crippen LogP contribution in [-0.4, -0.2) is 30.3 Å². The van der Waals surface area contributed by atoms with Gasteiger partial charge in [-0.05, 0) is 57.4 Å². The fourth-order valence-corrected chi connectivity index (χ4v) is 1.67. The largest absolute Gasteiger partial charge is 0.491 e. The molecule has 0 atom stereocenters. The molecule has 0 bridgehead atoms. The maximum absolute atomic E-state index is 11.8. The Labute approximate surface area is 114 Å². The van der Waals surface area contributed by atoms with Gasteiger partial charge in [0.15, 0.2) is 0 Å². The standard InChI is InChI=1S/C15H23NO3/c1-12(2)19-14-8-6-13(7-9-14)15(18)16-10-4-3-5-11-17/h6-9,12,17H,3-5,10-11H2,1-2H3,(H,16,18). The third kappa shape index (κ3) is 6.25. The highest BCUT2D eigenvalue weighted by Gasteiger charge is 2.05. The van der Waals surface area contributed by atoms with E-state index in [0.29, 0.717) is 12.1 Å². The second-order valence-corrected chi connectivity index (χ2v) is 4.73. The van der Waals surface area contributed by atoms with Crippen LogP contribution in [-0.2, 0) is 0 Å². The minimum Gasteiger partial charge on any atom is -0.491 e. The summed E-state index contributed by atoms with van der Waals surface area (Å²) in [5, 5.41) is 11.5. The molecule has 0 heterocycles. The lowest BCUT2D eigenvalue weighted by Gasteiger charge is -2.10. The van der Waals surface area contributed by atoms with Crippen LogP contribution in [0.5, 0.6) is 5.75 Å². The van der Waals surface area contributed by atoms with Crippen molar-refractivity contribution >= 4 is 5.91 Å². The predicted octanol–water partition coefficient (Wildman–Crippen LogP) is 2.37. The van der Waals surface area contributed by atoms with Gasteiger partial charge < -0.3 is 15.2 Å². The van der Waals surface area contributed by atoms with Gasteiger partial charge in [0.1, 0.15) is 5.75 Å². The van der Waals surface area contributed by atoms with Crippen molar-refractivity contribution in [2.75, 3.05) is 13.2 Å². The minimum absolute atomic E-state index is 0.0694. The van der Waals surface area contributed by atoms with E-state index in [-0.39, 0.29) is 18.6 Å². The van der Waals surface area contributed by atoms with Gasteiger partial charge in [0.25, 0.3) is 5.91 Å². The lowest BCUT2D eigenvalue weighted by Crippen LogP contribution is -2.24. The predicted molar refractivity (Wildman–Crippen MR) is 75.5 cm³/mol. The number of unbranched alkanes of at least 4 members (excludes halogenated alkanes) is 2. The van der Waals surface area contributed by atoms with Gasteiger partial charge in [-0.3, -0.25) is 4.79 Å². The molecular weight excluding hydrogens is 242 g/mol. The van der Waals surface area contributed by atoms with Gasteiger partial charge >= 0.3 is 0 Å². The Morgan fingerprint density at radius 2 is 1.89 bits per heavy atom. The molecule has 4 nitrogen and oxygen atoms in total. The van der Waals surface area contributed by atoms with Gasteiger partial charge in [-0.25, -0.2) is 0 Å². The molecule has 4 heteroatoms. The van der Waals surface area contributed by atoms with Crippen molar-refractivity contribution in [3.8, 4) is 5.75 Å². The summed E-state index contributed by atoms with van der Waals surface area (Å²) in [5.41, 5.74) is 0.637. The zero-order valence-electron chi connectivity index (χ0n) is 11.7. The molecule has 0 aliphatic carbocycles. The van der Waals surface area contributed by atoms with Gasteiger partial charge in [0.05, 0.1) is 6.10 Å². The average Bonchev–Trinajstić information content (AvgIpc) is 2.38. The van der Waals surface area contributed by atoms with E-state index in [2.05, 4.69) is 5.32 Å². The normalized spacial score (nSPS) is 10.5. The molecule has 1 aromatic carbocycles. The first-order chi connectivity index (χ1) is 9.13. The van der Waals surface area contributed by atoms with Crippen LogP contribution in [0.1, 0.15) is 43.5 Å². The van der Waals surface area contributed by atoms with Crippen LogP contribution >= 0.6 is 0 Å². The molecule has 1 aromatic rings. The maximum atomic E-state index is 11.8. The molecule has 106 valence electrons. The van der Waals surface area contributed by atoms with E-state index in [0.717, 1.165) is 25.0 Å². The second kappa shape index (κ2) is 8.53. The summed E-state index contributed by atoms with van der Waals surface area (Å²) in [6.07, 6.45) is 2.74. The SMILES string of the molecule is CC(C)Oc1ccc(C(=O)NCCCCCO)cc1. The van der Waals surface area contributed by atoms with E-state index < -0.39 is 0 Å². The number of carbonyl (C=O) groups is 1. The van der Waals surface area contributed by atoms with Crippen molar-refractivity contribution in [1.29, 1.82) is 0 Å². The Bertz CT molecular complexity index is 373. The molecule has 1 amide bonds. The fourth-order valence-electron chi connectivity index (χ4n) is 1.67. The summed E-state index contributed by atoms with van der Waals surface area (Å²) < 4.78 is 5.52. The van der Waals surface area contributed by atoms with Gasteiger partial charge in [-0.1, -0.05) is 0 Å². The lowest BCUT2D eigenvalue weighted by atomic mass is 10.2. The van der Waals surface area contributed by atoms with Crippen molar-refractivity contribution < 1.29 is 14.6 Å². The molecule has 0 aliphatic rings. The molecule has 0 spiro atoms. The van der Waals surface area contributed by atoms with E-state index in [1.165, 1.54) is 0 Å². The van der Waals surface area contributed by atoms with E-state index in [1.54, 1.807) is 24.3 Å². The van der Waals surface area contributed by atoms with Gasteiger partial charge in [-0.15, -0.1) is 0 Å². The van der Waals surface area contributed by atoms with E-state index in [1.807, 2.05) is 13.8 Å². The number of benzene rings is 1. The molecule has 0 fully saturated rings. The molecule has 0 saturated heterocycles. The van der Waals surface area contributed by atoms with Crippen LogP contribution in [0, 0.1) is 0 Å². The van der Waals surface area contributed by atoms with Crippen molar-refractivity contribution in [2.24, 2.45) is 0 Å². The molecule has 0 radical (unpaired) electrons. The van der Waals surface area contributed by atoms with Crippen LogP contribution < -0.4 is 10.1 Å². The Hall–Kier alpha value is -1.55. The third-order valence-electron chi connectivity index (χ3n) is 2.61. The number of ether oxygens (including phenoxy) is 1. The summed E-state index contributed by atoms with van der Waals surface area (Å²) in [5.74, 6) is 0.703. The van der Waals surface area contributed by atoms with Crippen LogP contribution in [0.3, 0.4) is 0 Å². The number of hydrogen-bond donors (Lipinski definition) is 2. The monoisotopic (exact) mass is 265 g/mol. The van der Waals surface area contributed by atoms with Gasteiger partial charge in [0, 0.05) is 18.7 Å². The summed E-state index contributed by atoms with van der Waals surface area (Å²) in [4.78, 5) is 11.8. The van der Waals surface area contributed by atoms with Crippen molar-refractivity contribution in [2.45, 2.75) is 39.2 Å². The number of nitrogens with one attached hydrogen (secondary N) is 1. The average molecular weight is 265 g/mol. The molecule has 19 heavy (non-hydrogen) atoms. The van der Waals surface area contributed by atoms with E-state index in [4.69, 9.17) is 9.84 Å². The first-order valence-corrected chi connectivity index (χ1v) is 6.79. The Morgan fingerprint density at radius 1 is 1.21 bits per heavy atom. The summed E-state index contributed by atoms with van der Waals surface area (Å²) >= 11 is 0. The molecule has 0 aliphatic heterocycles. The minimum atomic E-state index is -0.0694. The quantitative estimate of drug-likeness (QED) is 0.709. The molecule has 1 rings (SSSR count). The number of amides is 1. The van der Waals surface area contributed by atoms with Crippen molar-refractivity contribution in [3.05, 3.63) is 29.8 Å². The lowest BCUT2D eigenvalue weighted by molar-refractivity contribution is 0.0953. The molecule has 0 saturated carbocycles. The third-order valence-corrected chi connectivity index (χ3v) is 2.61. The molecular formula is C15H23NO3. The highest BCUT2D eigenvalue weighted by atomic mass is 16.5. The zero-order chi connectivity index (χ0) is 14.1. The highest BCUT2D eigenvalue weighted by molar-refractivity contribution is 5.94. The zero-order valence-corrected chi connectivity index (χ0v) is 11.7. The number of aliphatic hydroxyl groups excluding tert-OH is 1.